The number of aryl methyl sites for hydroxylation is 1. The second kappa shape index (κ2) is 4.01. The van der Waals surface area contributed by atoms with Crippen LogP contribution in [0.2, 0.25) is 0 Å². The van der Waals surface area contributed by atoms with E-state index in [-0.39, 0.29) is 0 Å². The van der Waals surface area contributed by atoms with E-state index in [1.807, 2.05) is 12.1 Å². The van der Waals surface area contributed by atoms with Crippen LogP contribution in [0.1, 0.15) is 5.56 Å². The van der Waals surface area contributed by atoms with Crippen molar-refractivity contribution in [2.45, 2.75) is 6.42 Å². The highest BCUT2D eigenvalue weighted by atomic mass is 79.9. The minimum Gasteiger partial charge on any atom is -0.486 e. The number of hydrogen-bond donors (Lipinski definition) is 0. The molecule has 2 rings (SSSR count). The van der Waals surface area contributed by atoms with E-state index in [4.69, 9.17) is 9.47 Å². The van der Waals surface area contributed by atoms with Gasteiger partial charge in [0.05, 0.1) is 0 Å². The number of rotatable bonds is 2. The van der Waals surface area contributed by atoms with Crippen molar-refractivity contribution in [1.82, 2.24) is 0 Å². The van der Waals surface area contributed by atoms with Gasteiger partial charge in [-0.3, -0.25) is 0 Å². The number of ether oxygens (including phenoxy) is 2. The van der Waals surface area contributed by atoms with Crippen LogP contribution in [-0.4, -0.2) is 18.5 Å². The third-order valence-electron chi connectivity index (χ3n) is 2.01. The van der Waals surface area contributed by atoms with E-state index < -0.39 is 0 Å². The van der Waals surface area contributed by atoms with Gasteiger partial charge in [0.15, 0.2) is 11.5 Å². The van der Waals surface area contributed by atoms with Crippen LogP contribution in [-0.2, 0) is 6.42 Å². The molecule has 0 bridgehead atoms. The average molecular weight is 243 g/mol. The van der Waals surface area contributed by atoms with E-state index in [0.717, 1.165) is 23.2 Å². The van der Waals surface area contributed by atoms with Crippen molar-refractivity contribution < 1.29 is 9.47 Å². The van der Waals surface area contributed by atoms with E-state index in [2.05, 4.69) is 22.0 Å². The van der Waals surface area contributed by atoms with Crippen molar-refractivity contribution in [2.24, 2.45) is 0 Å². The second-order valence-corrected chi connectivity index (χ2v) is 3.67. The zero-order chi connectivity index (χ0) is 9.10. The fraction of sp³-hybridized carbons (Fsp3) is 0.400. The Bertz CT molecular complexity index is 299. The second-order valence-electron chi connectivity index (χ2n) is 2.88. The zero-order valence-electron chi connectivity index (χ0n) is 7.25. The molecule has 1 aliphatic heterocycles. The summed E-state index contributed by atoms with van der Waals surface area (Å²) in [5.41, 5.74) is 1.22. The number of para-hydroxylation sites is 1. The monoisotopic (exact) mass is 242 g/mol. The molecule has 0 saturated carbocycles. The molecule has 0 aliphatic carbocycles. The number of halogens is 1. The first-order valence-electron chi connectivity index (χ1n) is 4.35. The molecule has 0 amide bonds. The molecule has 1 aromatic carbocycles. The van der Waals surface area contributed by atoms with Crippen molar-refractivity contribution in [1.29, 1.82) is 0 Å². The van der Waals surface area contributed by atoms with Crippen LogP contribution in [0.5, 0.6) is 11.5 Å². The van der Waals surface area contributed by atoms with Gasteiger partial charge >= 0.3 is 0 Å². The molecule has 1 aliphatic rings. The Hall–Kier alpha value is -0.700. The number of benzene rings is 1. The molecule has 0 saturated heterocycles. The van der Waals surface area contributed by atoms with Crippen molar-refractivity contribution in [3.63, 3.8) is 0 Å². The average Bonchev–Trinajstić information content (AvgIpc) is 2.19. The summed E-state index contributed by atoms with van der Waals surface area (Å²) in [5, 5.41) is 0.951. The van der Waals surface area contributed by atoms with E-state index in [1.54, 1.807) is 0 Å². The molecule has 0 fully saturated rings. The normalized spacial score (nSPS) is 14.2. The molecule has 0 spiro atoms. The molecule has 0 unspecified atom stereocenters. The van der Waals surface area contributed by atoms with E-state index >= 15 is 0 Å². The lowest BCUT2D eigenvalue weighted by molar-refractivity contribution is 0.170. The van der Waals surface area contributed by atoms with E-state index in [1.165, 1.54) is 5.56 Å². The Morgan fingerprint density at radius 1 is 1.23 bits per heavy atom. The minimum absolute atomic E-state index is 0.658. The van der Waals surface area contributed by atoms with Crippen molar-refractivity contribution in [3.05, 3.63) is 23.8 Å². The Morgan fingerprint density at radius 3 is 2.92 bits per heavy atom. The first kappa shape index (κ1) is 8.88. The number of alkyl halides is 1. The molecule has 70 valence electrons. The standard InChI is InChI=1S/C10H11BrO2/c11-5-4-8-2-1-3-9-10(8)13-7-6-12-9/h1-3H,4-7H2. The van der Waals surface area contributed by atoms with Gasteiger partial charge in [0.1, 0.15) is 13.2 Å². The molecule has 1 heterocycles. The van der Waals surface area contributed by atoms with Crippen LogP contribution in [0.3, 0.4) is 0 Å². The van der Waals surface area contributed by atoms with Crippen molar-refractivity contribution in [3.8, 4) is 11.5 Å². The maximum Gasteiger partial charge on any atom is 0.164 e. The fourth-order valence-electron chi connectivity index (χ4n) is 1.43. The van der Waals surface area contributed by atoms with E-state index in [0.29, 0.717) is 13.2 Å². The van der Waals surface area contributed by atoms with Crippen LogP contribution in [0.15, 0.2) is 18.2 Å². The van der Waals surface area contributed by atoms with Gasteiger partial charge in [0, 0.05) is 5.33 Å². The zero-order valence-corrected chi connectivity index (χ0v) is 8.84. The Balaban J connectivity index is 2.34. The van der Waals surface area contributed by atoms with Crippen LogP contribution >= 0.6 is 15.9 Å². The summed E-state index contributed by atoms with van der Waals surface area (Å²) in [7, 11) is 0. The van der Waals surface area contributed by atoms with Gasteiger partial charge in [0.2, 0.25) is 0 Å². The molecule has 13 heavy (non-hydrogen) atoms. The lowest BCUT2D eigenvalue weighted by Gasteiger charge is -2.20. The topological polar surface area (TPSA) is 18.5 Å². The summed E-state index contributed by atoms with van der Waals surface area (Å²) in [4.78, 5) is 0. The van der Waals surface area contributed by atoms with Gasteiger partial charge in [-0.15, -0.1) is 0 Å². The van der Waals surface area contributed by atoms with Crippen LogP contribution in [0, 0.1) is 0 Å². The quantitative estimate of drug-likeness (QED) is 0.742. The van der Waals surface area contributed by atoms with Gasteiger partial charge in [-0.1, -0.05) is 28.1 Å². The highest BCUT2D eigenvalue weighted by molar-refractivity contribution is 9.09. The van der Waals surface area contributed by atoms with Crippen LogP contribution in [0.25, 0.3) is 0 Å². The van der Waals surface area contributed by atoms with Gasteiger partial charge in [0.25, 0.3) is 0 Å². The lowest BCUT2D eigenvalue weighted by Crippen LogP contribution is -2.16. The summed E-state index contributed by atoms with van der Waals surface area (Å²) in [5.74, 6) is 1.80. The fourth-order valence-corrected chi connectivity index (χ4v) is 1.86. The predicted molar refractivity (Wildman–Crippen MR) is 54.9 cm³/mol. The molecule has 0 aromatic heterocycles. The summed E-state index contributed by atoms with van der Waals surface area (Å²) in [6.07, 6.45) is 0.979. The number of hydrogen-bond acceptors (Lipinski definition) is 2. The third kappa shape index (κ3) is 1.80. The number of fused-ring (bicyclic) bond motifs is 1. The molecule has 2 nitrogen and oxygen atoms in total. The molecular weight excluding hydrogens is 232 g/mol. The van der Waals surface area contributed by atoms with Gasteiger partial charge in [-0.2, -0.15) is 0 Å². The molecule has 0 atom stereocenters. The minimum atomic E-state index is 0.658. The first-order valence-corrected chi connectivity index (χ1v) is 5.47. The Morgan fingerprint density at radius 2 is 2.08 bits per heavy atom. The summed E-state index contributed by atoms with van der Waals surface area (Å²) < 4.78 is 11.0. The molecule has 0 N–H and O–H groups in total. The highest BCUT2D eigenvalue weighted by Crippen LogP contribution is 2.33. The molecule has 0 radical (unpaired) electrons. The highest BCUT2D eigenvalue weighted by Gasteiger charge is 2.14. The Labute approximate surface area is 86.0 Å². The van der Waals surface area contributed by atoms with Gasteiger partial charge in [-0.05, 0) is 18.1 Å². The van der Waals surface area contributed by atoms with Crippen molar-refractivity contribution in [2.75, 3.05) is 18.5 Å². The smallest absolute Gasteiger partial charge is 0.164 e. The largest absolute Gasteiger partial charge is 0.486 e. The third-order valence-corrected chi connectivity index (χ3v) is 2.41. The summed E-state index contributed by atoms with van der Waals surface area (Å²) >= 11 is 3.42. The summed E-state index contributed by atoms with van der Waals surface area (Å²) in [6, 6.07) is 6.03. The molecule has 1 aromatic rings. The molecule has 3 heteroatoms. The SMILES string of the molecule is BrCCc1cccc2c1OCCO2. The van der Waals surface area contributed by atoms with E-state index in [9.17, 15) is 0 Å². The van der Waals surface area contributed by atoms with Gasteiger partial charge < -0.3 is 9.47 Å². The van der Waals surface area contributed by atoms with Gasteiger partial charge in [-0.25, -0.2) is 0 Å². The summed E-state index contributed by atoms with van der Waals surface area (Å²) in [6.45, 7) is 1.32. The first-order chi connectivity index (χ1) is 6.42. The van der Waals surface area contributed by atoms with Crippen LogP contribution < -0.4 is 9.47 Å². The maximum absolute atomic E-state index is 5.56. The molecular formula is C10H11BrO2. The van der Waals surface area contributed by atoms with Crippen molar-refractivity contribution >= 4 is 15.9 Å². The maximum atomic E-state index is 5.56. The Kier molecular flexibility index (Phi) is 2.74. The van der Waals surface area contributed by atoms with Crippen LogP contribution in [0.4, 0.5) is 0 Å². The predicted octanol–water partition coefficient (Wildman–Crippen LogP) is 2.40. The lowest BCUT2D eigenvalue weighted by atomic mass is 10.1.